The van der Waals surface area contributed by atoms with Crippen LogP contribution in [0.4, 0.5) is 0 Å². The van der Waals surface area contributed by atoms with Crippen molar-refractivity contribution in [1.82, 2.24) is 14.5 Å². The van der Waals surface area contributed by atoms with Gasteiger partial charge in [-0.1, -0.05) is 77.8 Å². The van der Waals surface area contributed by atoms with Gasteiger partial charge in [0.15, 0.2) is 0 Å². The Labute approximate surface area is 209 Å². The van der Waals surface area contributed by atoms with Gasteiger partial charge in [0.25, 0.3) is 0 Å². The highest BCUT2D eigenvalue weighted by molar-refractivity contribution is 9.10. The molecule has 1 aromatic heterocycles. The third kappa shape index (κ3) is 4.31. The Kier molecular flexibility index (Phi) is 6.34. The van der Waals surface area contributed by atoms with E-state index in [-0.39, 0.29) is 11.0 Å². The monoisotopic (exact) mass is 519 g/mol. The van der Waals surface area contributed by atoms with E-state index in [1.807, 2.05) is 37.4 Å². The van der Waals surface area contributed by atoms with Gasteiger partial charge >= 0.3 is 5.56 Å². The lowest BCUT2D eigenvalue weighted by molar-refractivity contribution is 0.286. The normalized spacial score (nSPS) is 17.0. The second kappa shape index (κ2) is 9.41. The zero-order valence-corrected chi connectivity index (χ0v) is 21.2. The topological polar surface area (TPSA) is 47.4 Å². The van der Waals surface area contributed by atoms with Gasteiger partial charge in [-0.15, -0.1) is 0 Å². The van der Waals surface area contributed by atoms with E-state index in [0.29, 0.717) is 12.4 Å². The van der Waals surface area contributed by atoms with E-state index in [4.69, 9.17) is 4.74 Å². The number of aromatic nitrogens is 2. The molecule has 0 N–H and O–H groups in total. The van der Waals surface area contributed by atoms with Crippen LogP contribution in [0.25, 0.3) is 5.70 Å². The molecule has 0 unspecified atom stereocenters. The zero-order valence-electron chi connectivity index (χ0n) is 19.6. The van der Waals surface area contributed by atoms with Crippen molar-refractivity contribution in [2.45, 2.75) is 50.7 Å². The van der Waals surface area contributed by atoms with Crippen LogP contribution in [0, 0.1) is 0 Å². The van der Waals surface area contributed by atoms with Crippen LogP contribution in [0.2, 0.25) is 0 Å². The van der Waals surface area contributed by atoms with Crippen molar-refractivity contribution in [3.05, 3.63) is 98.6 Å². The van der Waals surface area contributed by atoms with Crippen LogP contribution in [-0.2, 0) is 25.0 Å². The summed E-state index contributed by atoms with van der Waals surface area (Å²) >= 11 is 3.56. The molecule has 5 nitrogen and oxygen atoms in total. The maximum atomic E-state index is 13.3. The number of benzene rings is 2. The molecule has 0 radical (unpaired) electrons. The van der Waals surface area contributed by atoms with Crippen molar-refractivity contribution < 1.29 is 4.74 Å². The van der Waals surface area contributed by atoms with E-state index < -0.39 is 0 Å². The summed E-state index contributed by atoms with van der Waals surface area (Å²) < 4.78 is 9.36. The Morgan fingerprint density at radius 1 is 1.06 bits per heavy atom. The number of hydrogen-bond donors (Lipinski definition) is 0. The molecule has 1 aliphatic heterocycles. The standard InChI is InChI=1S/C28H30BrN3O2/c1-20-25-26(34-19-21-8-4-3-5-9-21)27(33)30-24(32(25)17-16-31(20)2)18-28(14-6-7-15-28)22-10-12-23(29)13-11-22/h3-5,8-13H,1,6-7,14-19H2,2H3. The number of ether oxygens (including phenoxy) is 1. The van der Waals surface area contributed by atoms with Gasteiger partial charge in [0.05, 0.1) is 5.70 Å². The van der Waals surface area contributed by atoms with Crippen molar-refractivity contribution >= 4 is 21.6 Å². The molecule has 1 fully saturated rings. The molecule has 1 saturated carbocycles. The molecule has 3 aromatic rings. The Morgan fingerprint density at radius 2 is 1.76 bits per heavy atom. The summed E-state index contributed by atoms with van der Waals surface area (Å²) in [6.45, 7) is 6.21. The van der Waals surface area contributed by atoms with Gasteiger partial charge in [0, 0.05) is 36.4 Å². The highest BCUT2D eigenvalue weighted by atomic mass is 79.9. The van der Waals surface area contributed by atoms with Crippen molar-refractivity contribution in [2.24, 2.45) is 0 Å². The van der Waals surface area contributed by atoms with E-state index in [1.165, 1.54) is 18.4 Å². The molecule has 0 bridgehead atoms. The van der Waals surface area contributed by atoms with E-state index in [0.717, 1.165) is 59.6 Å². The molecule has 0 saturated heterocycles. The van der Waals surface area contributed by atoms with Gasteiger partial charge in [-0.3, -0.25) is 4.79 Å². The fourth-order valence-electron chi connectivity index (χ4n) is 5.39. The summed E-state index contributed by atoms with van der Waals surface area (Å²) in [6, 6.07) is 18.6. The molecular weight excluding hydrogens is 490 g/mol. The minimum absolute atomic E-state index is 0.00198. The Morgan fingerprint density at radius 3 is 2.47 bits per heavy atom. The molecule has 5 rings (SSSR count). The van der Waals surface area contributed by atoms with E-state index in [2.05, 4.69) is 61.2 Å². The first-order chi connectivity index (χ1) is 16.5. The fraction of sp³-hybridized carbons (Fsp3) is 0.357. The quantitative estimate of drug-likeness (QED) is 0.428. The maximum absolute atomic E-state index is 13.3. The highest BCUT2D eigenvalue weighted by Gasteiger charge is 2.38. The van der Waals surface area contributed by atoms with Crippen molar-refractivity contribution in [3.63, 3.8) is 0 Å². The Bertz CT molecular complexity index is 1250. The lowest BCUT2D eigenvalue weighted by Gasteiger charge is -2.35. The summed E-state index contributed by atoms with van der Waals surface area (Å²) in [4.78, 5) is 20.0. The maximum Gasteiger partial charge on any atom is 0.316 e. The first-order valence-corrected chi connectivity index (χ1v) is 12.7. The van der Waals surface area contributed by atoms with Crippen LogP contribution in [0.1, 0.15) is 48.3 Å². The van der Waals surface area contributed by atoms with E-state index >= 15 is 0 Å². The molecular formula is C28H30BrN3O2. The minimum atomic E-state index is -0.308. The number of halogens is 1. The van der Waals surface area contributed by atoms with Gasteiger partial charge in [-0.05, 0) is 36.1 Å². The summed E-state index contributed by atoms with van der Waals surface area (Å²) in [5.74, 6) is 1.14. The van der Waals surface area contributed by atoms with Gasteiger partial charge in [-0.2, -0.15) is 4.98 Å². The van der Waals surface area contributed by atoms with Crippen LogP contribution in [0.15, 0.2) is 70.4 Å². The molecule has 34 heavy (non-hydrogen) atoms. The Balaban J connectivity index is 1.55. The van der Waals surface area contributed by atoms with Crippen LogP contribution >= 0.6 is 15.9 Å². The molecule has 2 aromatic carbocycles. The molecule has 0 amide bonds. The van der Waals surface area contributed by atoms with Crippen molar-refractivity contribution in [2.75, 3.05) is 13.6 Å². The molecule has 176 valence electrons. The fourth-order valence-corrected chi connectivity index (χ4v) is 5.66. The number of likely N-dealkylation sites (N-methyl/N-ethyl adjacent to an activating group) is 1. The third-order valence-corrected chi connectivity index (χ3v) is 7.88. The summed E-state index contributed by atoms with van der Waals surface area (Å²) in [5, 5.41) is 0. The molecule has 6 heteroatoms. The van der Waals surface area contributed by atoms with Gasteiger partial charge < -0.3 is 14.2 Å². The molecule has 2 heterocycles. The van der Waals surface area contributed by atoms with Gasteiger partial charge in [0.2, 0.25) is 5.75 Å². The number of fused-ring (bicyclic) bond motifs is 1. The van der Waals surface area contributed by atoms with Crippen molar-refractivity contribution in [3.8, 4) is 5.75 Å². The summed E-state index contributed by atoms with van der Waals surface area (Å²) in [5.41, 5.74) is 3.60. The largest absolute Gasteiger partial charge is 0.481 e. The zero-order chi connectivity index (χ0) is 23.7. The second-order valence-corrected chi connectivity index (χ2v) is 10.4. The van der Waals surface area contributed by atoms with Crippen LogP contribution in [0.5, 0.6) is 5.75 Å². The third-order valence-electron chi connectivity index (χ3n) is 7.35. The molecule has 1 aliphatic carbocycles. The van der Waals surface area contributed by atoms with Gasteiger partial charge in [0.1, 0.15) is 18.1 Å². The van der Waals surface area contributed by atoms with E-state index in [9.17, 15) is 4.79 Å². The van der Waals surface area contributed by atoms with Crippen molar-refractivity contribution in [1.29, 1.82) is 0 Å². The molecule has 2 aliphatic rings. The smallest absolute Gasteiger partial charge is 0.316 e. The first-order valence-electron chi connectivity index (χ1n) is 11.9. The summed E-state index contributed by atoms with van der Waals surface area (Å²) in [6.07, 6.45) is 5.34. The lowest BCUT2D eigenvalue weighted by Crippen LogP contribution is -2.37. The van der Waals surface area contributed by atoms with E-state index in [1.54, 1.807) is 0 Å². The Hall–Kier alpha value is -2.86. The number of nitrogens with zero attached hydrogens (tertiary/aromatic N) is 3. The second-order valence-electron chi connectivity index (χ2n) is 9.48. The van der Waals surface area contributed by atoms with Crippen LogP contribution in [0.3, 0.4) is 0 Å². The first kappa shape index (κ1) is 22.9. The number of hydrogen-bond acceptors (Lipinski definition) is 4. The average molecular weight is 520 g/mol. The number of rotatable bonds is 6. The predicted molar refractivity (Wildman–Crippen MR) is 139 cm³/mol. The minimum Gasteiger partial charge on any atom is -0.481 e. The predicted octanol–water partition coefficient (Wildman–Crippen LogP) is 5.56. The molecule has 0 atom stereocenters. The summed E-state index contributed by atoms with van der Waals surface area (Å²) in [7, 11) is 2.01. The average Bonchev–Trinajstić information content (AvgIpc) is 3.32. The van der Waals surface area contributed by atoms with Gasteiger partial charge in [-0.25, -0.2) is 0 Å². The lowest BCUT2D eigenvalue weighted by atomic mass is 9.76. The van der Waals surface area contributed by atoms with Crippen LogP contribution in [-0.4, -0.2) is 28.0 Å². The van der Waals surface area contributed by atoms with Crippen LogP contribution < -0.4 is 10.3 Å². The SMILES string of the molecule is C=C1c2c(OCc3ccccc3)c(=O)nc(CC3(c4ccc(Br)cc4)CCCC3)n2CCN1C. The highest BCUT2D eigenvalue weighted by Crippen LogP contribution is 2.44. The molecule has 0 spiro atoms.